The Morgan fingerprint density at radius 3 is 2.94 bits per heavy atom. The summed E-state index contributed by atoms with van der Waals surface area (Å²) < 4.78 is 8.39. The van der Waals surface area contributed by atoms with Crippen molar-refractivity contribution >= 4 is 23.1 Å². The maximum atomic E-state index is 4.50. The van der Waals surface area contributed by atoms with Gasteiger partial charge in [0, 0.05) is 17.5 Å². The van der Waals surface area contributed by atoms with Crippen molar-refractivity contribution in [1.82, 2.24) is 19.0 Å². The van der Waals surface area contributed by atoms with E-state index in [1.54, 1.807) is 11.3 Å². The molecule has 0 radical (unpaired) electrons. The monoisotopic (exact) mass is 268 g/mol. The van der Waals surface area contributed by atoms with Crippen molar-refractivity contribution in [2.24, 2.45) is 0 Å². The summed E-state index contributed by atoms with van der Waals surface area (Å²) in [6.07, 6.45) is 3.85. The fourth-order valence-corrected chi connectivity index (χ4v) is 2.89. The van der Waals surface area contributed by atoms with Crippen LogP contribution in [0.1, 0.15) is 35.8 Å². The van der Waals surface area contributed by atoms with Gasteiger partial charge in [0.1, 0.15) is 0 Å². The Morgan fingerprint density at radius 1 is 1.47 bits per heavy atom. The number of hydrogen-bond donors (Lipinski definition) is 1. The molecule has 0 amide bonds. The van der Waals surface area contributed by atoms with Crippen LogP contribution in [0.5, 0.6) is 0 Å². The molecule has 0 saturated heterocycles. The minimum atomic E-state index is 0.235. The van der Waals surface area contributed by atoms with Gasteiger partial charge in [0.25, 0.3) is 0 Å². The number of rotatable bonds is 6. The zero-order valence-electron chi connectivity index (χ0n) is 10.0. The Balaban J connectivity index is 2.05. The number of nitrogens with one attached hydrogen (secondary N) is 1. The van der Waals surface area contributed by atoms with E-state index in [0.717, 1.165) is 35.8 Å². The molecule has 17 heavy (non-hydrogen) atoms. The first-order valence-electron chi connectivity index (χ1n) is 5.71. The highest BCUT2D eigenvalue weighted by Crippen LogP contribution is 2.19. The molecule has 2 rings (SSSR count). The summed E-state index contributed by atoms with van der Waals surface area (Å²) in [5, 5.41) is 6.75. The van der Waals surface area contributed by atoms with E-state index < -0.39 is 0 Å². The molecule has 0 aliphatic carbocycles. The average molecular weight is 268 g/mol. The molecule has 4 nitrogen and oxygen atoms in total. The SMILES string of the molecule is CCCNC(Cc1nc(C)cs1)c1cnsn1. The van der Waals surface area contributed by atoms with Crippen molar-refractivity contribution in [3.63, 3.8) is 0 Å². The molecule has 6 heteroatoms. The van der Waals surface area contributed by atoms with Crippen LogP contribution in [-0.4, -0.2) is 20.3 Å². The maximum Gasteiger partial charge on any atom is 0.0947 e. The summed E-state index contributed by atoms with van der Waals surface area (Å²) >= 11 is 2.97. The number of aromatic nitrogens is 3. The topological polar surface area (TPSA) is 50.7 Å². The second kappa shape index (κ2) is 6.18. The zero-order chi connectivity index (χ0) is 12.1. The molecule has 92 valence electrons. The summed E-state index contributed by atoms with van der Waals surface area (Å²) in [5.74, 6) is 0. The number of thiazole rings is 1. The quantitative estimate of drug-likeness (QED) is 0.875. The smallest absolute Gasteiger partial charge is 0.0947 e. The molecule has 2 aromatic rings. The predicted molar refractivity (Wildman–Crippen MR) is 71.5 cm³/mol. The summed E-state index contributed by atoms with van der Waals surface area (Å²) in [4.78, 5) is 4.50. The molecule has 0 aliphatic rings. The average Bonchev–Trinajstić information content (AvgIpc) is 2.95. The Labute approximate surface area is 109 Å². The molecule has 1 atom stereocenters. The van der Waals surface area contributed by atoms with Crippen molar-refractivity contribution in [3.8, 4) is 0 Å². The Morgan fingerprint density at radius 2 is 2.35 bits per heavy atom. The van der Waals surface area contributed by atoms with Gasteiger partial charge in [0.05, 0.1) is 34.7 Å². The van der Waals surface area contributed by atoms with Crippen molar-refractivity contribution in [2.75, 3.05) is 6.54 Å². The second-order valence-corrected chi connectivity index (χ2v) is 5.43. The van der Waals surface area contributed by atoms with E-state index >= 15 is 0 Å². The lowest BCUT2D eigenvalue weighted by Crippen LogP contribution is -2.24. The third kappa shape index (κ3) is 3.55. The molecule has 1 unspecified atom stereocenters. The summed E-state index contributed by atoms with van der Waals surface area (Å²) in [6.45, 7) is 5.18. The minimum Gasteiger partial charge on any atom is -0.308 e. The van der Waals surface area contributed by atoms with Crippen molar-refractivity contribution in [3.05, 3.63) is 28.0 Å². The molecule has 0 fully saturated rings. The van der Waals surface area contributed by atoms with Gasteiger partial charge in [-0.05, 0) is 19.9 Å². The van der Waals surface area contributed by atoms with Gasteiger partial charge < -0.3 is 5.32 Å². The molecular formula is C11H16N4S2. The Bertz CT molecular complexity index is 438. The Hall–Kier alpha value is -0.850. The highest BCUT2D eigenvalue weighted by atomic mass is 32.1. The van der Waals surface area contributed by atoms with E-state index in [1.807, 2.05) is 13.1 Å². The van der Waals surface area contributed by atoms with Crippen molar-refractivity contribution in [2.45, 2.75) is 32.7 Å². The van der Waals surface area contributed by atoms with Crippen LogP contribution in [0.25, 0.3) is 0 Å². The predicted octanol–water partition coefficient (Wildman–Crippen LogP) is 2.59. The lowest BCUT2D eigenvalue weighted by molar-refractivity contribution is 0.520. The van der Waals surface area contributed by atoms with Crippen LogP contribution < -0.4 is 5.32 Å². The minimum absolute atomic E-state index is 0.235. The van der Waals surface area contributed by atoms with E-state index in [0.29, 0.717) is 0 Å². The van der Waals surface area contributed by atoms with Gasteiger partial charge in [-0.25, -0.2) is 4.98 Å². The lowest BCUT2D eigenvalue weighted by Gasteiger charge is -2.14. The molecule has 1 N–H and O–H groups in total. The van der Waals surface area contributed by atoms with Crippen LogP contribution in [0.15, 0.2) is 11.6 Å². The molecule has 2 heterocycles. The fourth-order valence-electron chi connectivity index (χ4n) is 1.60. The molecule has 0 spiro atoms. The molecule has 0 aliphatic heterocycles. The van der Waals surface area contributed by atoms with Crippen LogP contribution in [0.4, 0.5) is 0 Å². The van der Waals surface area contributed by atoms with Crippen LogP contribution in [0.2, 0.25) is 0 Å². The standard InChI is InChI=1S/C11H16N4S2/c1-3-4-12-9(10-6-13-17-15-10)5-11-14-8(2)7-16-11/h6-7,9,12H,3-5H2,1-2H3. The number of hydrogen-bond acceptors (Lipinski definition) is 6. The molecule has 0 bridgehead atoms. The van der Waals surface area contributed by atoms with Gasteiger partial charge >= 0.3 is 0 Å². The van der Waals surface area contributed by atoms with Gasteiger partial charge in [0.2, 0.25) is 0 Å². The summed E-state index contributed by atoms with van der Waals surface area (Å²) in [6, 6.07) is 0.235. The first-order valence-corrected chi connectivity index (χ1v) is 7.32. The van der Waals surface area contributed by atoms with Gasteiger partial charge in [-0.3, -0.25) is 0 Å². The number of aryl methyl sites for hydroxylation is 1. The lowest BCUT2D eigenvalue weighted by atomic mass is 10.1. The van der Waals surface area contributed by atoms with Gasteiger partial charge in [-0.1, -0.05) is 6.92 Å². The first-order chi connectivity index (χ1) is 8.29. The van der Waals surface area contributed by atoms with E-state index in [9.17, 15) is 0 Å². The maximum absolute atomic E-state index is 4.50. The van der Waals surface area contributed by atoms with Crippen molar-refractivity contribution in [1.29, 1.82) is 0 Å². The fraction of sp³-hybridized carbons (Fsp3) is 0.545. The second-order valence-electron chi connectivity index (χ2n) is 3.93. The third-order valence-corrected chi connectivity index (χ3v) is 3.90. The van der Waals surface area contributed by atoms with Crippen molar-refractivity contribution < 1.29 is 0 Å². The molecule has 0 saturated carbocycles. The third-order valence-electron chi connectivity index (χ3n) is 2.42. The van der Waals surface area contributed by atoms with E-state index in [1.165, 1.54) is 11.7 Å². The van der Waals surface area contributed by atoms with E-state index in [2.05, 4.69) is 31.4 Å². The van der Waals surface area contributed by atoms with Crippen LogP contribution in [0.3, 0.4) is 0 Å². The Kier molecular flexibility index (Phi) is 4.58. The van der Waals surface area contributed by atoms with Crippen LogP contribution >= 0.6 is 23.1 Å². The van der Waals surface area contributed by atoms with E-state index in [-0.39, 0.29) is 6.04 Å². The summed E-state index contributed by atoms with van der Waals surface area (Å²) in [7, 11) is 0. The highest BCUT2D eigenvalue weighted by Gasteiger charge is 2.15. The highest BCUT2D eigenvalue weighted by molar-refractivity contribution is 7.09. The zero-order valence-corrected chi connectivity index (χ0v) is 11.6. The largest absolute Gasteiger partial charge is 0.308 e. The normalized spacial score (nSPS) is 12.8. The first kappa shape index (κ1) is 12.6. The van der Waals surface area contributed by atoms with Gasteiger partial charge in [0.15, 0.2) is 0 Å². The summed E-state index contributed by atoms with van der Waals surface area (Å²) in [5.41, 5.74) is 2.12. The molecule has 2 aromatic heterocycles. The van der Waals surface area contributed by atoms with Crippen LogP contribution in [0, 0.1) is 6.92 Å². The molecule has 0 aromatic carbocycles. The van der Waals surface area contributed by atoms with Gasteiger partial charge in [-0.2, -0.15) is 8.75 Å². The van der Waals surface area contributed by atoms with Gasteiger partial charge in [-0.15, -0.1) is 11.3 Å². The van der Waals surface area contributed by atoms with Crippen LogP contribution in [-0.2, 0) is 6.42 Å². The van der Waals surface area contributed by atoms with E-state index in [4.69, 9.17) is 0 Å². The number of nitrogens with zero attached hydrogens (tertiary/aromatic N) is 3. The molecular weight excluding hydrogens is 252 g/mol.